The van der Waals surface area contributed by atoms with Crippen molar-refractivity contribution >= 4 is 24.3 Å². The largest absolute Gasteiger partial charge is 0.329 e. The zero-order valence-corrected chi connectivity index (χ0v) is 34.9. The third-order valence-corrected chi connectivity index (χ3v) is 11.1. The van der Waals surface area contributed by atoms with E-state index in [1.165, 1.54) is 125 Å². The number of rotatable bonds is 10. The fourth-order valence-electron chi connectivity index (χ4n) is 6.91. The molecule has 1 aliphatic heterocycles. The summed E-state index contributed by atoms with van der Waals surface area (Å²) < 4.78 is 0. The Balaban J connectivity index is 0.000000769. The first-order valence-corrected chi connectivity index (χ1v) is 20.9. The Kier molecular flexibility index (Phi) is 27.3. The van der Waals surface area contributed by atoms with Crippen molar-refractivity contribution in [3.63, 3.8) is 0 Å². The molecule has 5 rings (SSSR count). The number of hydrogen-bond acceptors (Lipinski definition) is 3. The number of allylic oxidation sites excluding steroid dienone is 3. The van der Waals surface area contributed by atoms with Gasteiger partial charge in [0.2, 0.25) is 11.8 Å². The second-order valence-corrected chi connectivity index (χ2v) is 15.1. The number of carbonyl (C=O) groups is 3. The van der Waals surface area contributed by atoms with E-state index in [1.54, 1.807) is 0 Å². The number of aryl methyl sites for hydroxylation is 1. The van der Waals surface area contributed by atoms with Crippen LogP contribution in [-0.2, 0) is 20.8 Å². The summed E-state index contributed by atoms with van der Waals surface area (Å²) in [6, 6.07) is 6.04. The van der Waals surface area contributed by atoms with Gasteiger partial charge >= 0.3 is 0 Å². The standard InChI is InChI=1S/C22H39NO.C12H17NO.C5H8.C4H8.C2H6.CH2O/c1-5-14-22(15-12-17(3)6-2)16-13-18(4)20(23-21(22)24)19-10-8-7-9-11-19;1-4-6-11-7-5-8-12(9(11)2)13-10(3)14;1-5-3-2-4-5;1-2-4-3-1;2*1-2/h17,19H,5-16H2,1-4H3,(H,23,24);5,7-8H,4,6H2,1-3H3,(H,13,14);1-4H2;1-4H2;1-2H3;1H2. The van der Waals surface area contributed by atoms with Crippen LogP contribution in [0.2, 0.25) is 0 Å². The minimum absolute atomic E-state index is 0.0123. The summed E-state index contributed by atoms with van der Waals surface area (Å²) in [7, 11) is 0. The topological polar surface area (TPSA) is 75.3 Å². The lowest BCUT2D eigenvalue weighted by atomic mass is 9.73. The molecule has 2 unspecified atom stereocenters. The highest BCUT2D eigenvalue weighted by atomic mass is 16.2. The molecule has 3 aliphatic carbocycles. The van der Waals surface area contributed by atoms with Crippen molar-refractivity contribution in [3.05, 3.63) is 52.7 Å². The van der Waals surface area contributed by atoms with Gasteiger partial charge in [0.15, 0.2) is 0 Å². The van der Waals surface area contributed by atoms with E-state index < -0.39 is 0 Å². The Hall–Kier alpha value is -2.69. The summed E-state index contributed by atoms with van der Waals surface area (Å²) in [5.74, 6) is 1.66. The van der Waals surface area contributed by atoms with E-state index in [4.69, 9.17) is 4.79 Å². The molecule has 0 aromatic heterocycles. The molecule has 3 saturated carbocycles. The molecule has 0 spiro atoms. The molecule has 0 bridgehead atoms. The normalized spacial score (nSPS) is 20.0. The Bertz CT molecular complexity index is 1140. The van der Waals surface area contributed by atoms with Gasteiger partial charge in [0.1, 0.15) is 6.79 Å². The highest BCUT2D eigenvalue weighted by Gasteiger charge is 2.40. The maximum Gasteiger partial charge on any atom is 0.230 e. The van der Waals surface area contributed by atoms with E-state index in [-0.39, 0.29) is 11.3 Å². The van der Waals surface area contributed by atoms with E-state index in [0.717, 1.165) is 56.6 Å². The van der Waals surface area contributed by atoms with Gasteiger partial charge in [-0.15, -0.1) is 0 Å². The molecule has 51 heavy (non-hydrogen) atoms. The molecule has 3 fully saturated rings. The molecule has 0 radical (unpaired) electrons. The van der Waals surface area contributed by atoms with Gasteiger partial charge in [-0.2, -0.15) is 0 Å². The van der Waals surface area contributed by atoms with Gasteiger partial charge in [0.25, 0.3) is 0 Å². The van der Waals surface area contributed by atoms with Crippen LogP contribution in [0.15, 0.2) is 41.6 Å². The average molecular weight is 709 g/mol. The van der Waals surface area contributed by atoms with Crippen molar-refractivity contribution in [1.29, 1.82) is 0 Å². The maximum absolute atomic E-state index is 13.3. The lowest BCUT2D eigenvalue weighted by molar-refractivity contribution is -0.131. The summed E-state index contributed by atoms with van der Waals surface area (Å²) >= 11 is 0. The van der Waals surface area contributed by atoms with E-state index in [1.807, 2.05) is 32.8 Å². The first kappa shape index (κ1) is 48.3. The molecular weight excluding hydrogens is 629 g/mol. The molecule has 1 aromatic rings. The van der Waals surface area contributed by atoms with Crippen molar-refractivity contribution in [3.8, 4) is 0 Å². The number of amides is 2. The first-order valence-electron chi connectivity index (χ1n) is 20.9. The van der Waals surface area contributed by atoms with E-state index in [9.17, 15) is 9.59 Å². The minimum Gasteiger partial charge on any atom is -0.329 e. The maximum atomic E-state index is 13.3. The molecule has 0 saturated heterocycles. The molecule has 2 atom stereocenters. The van der Waals surface area contributed by atoms with E-state index in [0.29, 0.717) is 11.8 Å². The second kappa shape index (κ2) is 28.8. The molecule has 292 valence electrons. The van der Waals surface area contributed by atoms with Gasteiger partial charge < -0.3 is 15.4 Å². The second-order valence-electron chi connectivity index (χ2n) is 15.1. The minimum atomic E-state index is -0.129. The summed E-state index contributed by atoms with van der Waals surface area (Å²) in [5.41, 5.74) is 7.50. The van der Waals surface area contributed by atoms with E-state index >= 15 is 0 Å². The van der Waals surface area contributed by atoms with Gasteiger partial charge in [0.05, 0.1) is 0 Å². The summed E-state index contributed by atoms with van der Waals surface area (Å²) in [5, 5.41) is 6.29. The molecule has 1 aromatic carbocycles. The summed E-state index contributed by atoms with van der Waals surface area (Å²) in [6.07, 6.45) is 26.5. The lowest BCUT2D eigenvalue weighted by Gasteiger charge is -2.33. The zero-order valence-electron chi connectivity index (χ0n) is 34.9. The Labute approximate surface area is 315 Å². The van der Waals surface area contributed by atoms with Crippen molar-refractivity contribution in [1.82, 2.24) is 5.32 Å². The lowest BCUT2D eigenvalue weighted by Crippen LogP contribution is -2.41. The molecule has 5 nitrogen and oxygen atoms in total. The third kappa shape index (κ3) is 18.6. The van der Waals surface area contributed by atoms with Crippen molar-refractivity contribution in [2.45, 2.75) is 197 Å². The predicted octanol–water partition coefficient (Wildman–Crippen LogP) is 13.4. The molecule has 5 heteroatoms. The first-order chi connectivity index (χ1) is 24.6. The van der Waals surface area contributed by atoms with Crippen LogP contribution in [-0.4, -0.2) is 18.6 Å². The Morgan fingerprint density at radius 3 is 1.92 bits per heavy atom. The van der Waals surface area contributed by atoms with Crippen LogP contribution < -0.4 is 10.6 Å². The van der Waals surface area contributed by atoms with Gasteiger partial charge in [-0.05, 0) is 114 Å². The Morgan fingerprint density at radius 2 is 1.47 bits per heavy atom. The van der Waals surface area contributed by atoms with Gasteiger partial charge in [0, 0.05) is 23.7 Å². The number of nitrogens with one attached hydrogen (secondary N) is 2. The van der Waals surface area contributed by atoms with Crippen molar-refractivity contribution in [2.75, 3.05) is 5.32 Å². The van der Waals surface area contributed by atoms with Crippen LogP contribution >= 0.6 is 0 Å². The van der Waals surface area contributed by atoms with Gasteiger partial charge in [-0.3, -0.25) is 9.59 Å². The summed E-state index contributed by atoms with van der Waals surface area (Å²) in [4.78, 5) is 32.2. The monoisotopic (exact) mass is 709 g/mol. The van der Waals surface area contributed by atoms with Gasteiger partial charge in [-0.1, -0.05) is 136 Å². The Morgan fingerprint density at radius 1 is 0.902 bits per heavy atom. The van der Waals surface area contributed by atoms with Crippen LogP contribution in [0.3, 0.4) is 0 Å². The third-order valence-electron chi connectivity index (χ3n) is 11.1. The number of carbonyl (C=O) groups excluding carboxylic acids is 3. The van der Waals surface area contributed by atoms with Crippen LogP contribution in [0.25, 0.3) is 0 Å². The molecule has 1 heterocycles. The van der Waals surface area contributed by atoms with Crippen LogP contribution in [0.5, 0.6) is 0 Å². The summed E-state index contributed by atoms with van der Waals surface area (Å²) in [6.45, 7) is 24.6. The molecular formula is C46H80N2O3. The molecule has 2 N–H and O–H groups in total. The van der Waals surface area contributed by atoms with Crippen LogP contribution in [0.1, 0.15) is 195 Å². The van der Waals surface area contributed by atoms with Crippen LogP contribution in [0.4, 0.5) is 5.69 Å². The fourth-order valence-corrected chi connectivity index (χ4v) is 6.91. The number of anilines is 1. The number of hydrogen-bond donors (Lipinski definition) is 2. The fraction of sp³-hybridized carbons (Fsp3) is 0.717. The molecule has 2 amide bonds. The van der Waals surface area contributed by atoms with E-state index in [2.05, 4.69) is 64.8 Å². The van der Waals surface area contributed by atoms with Crippen molar-refractivity contribution in [2.24, 2.45) is 17.3 Å². The highest BCUT2D eigenvalue weighted by Crippen LogP contribution is 2.42. The average Bonchev–Trinajstić information content (AvgIpc) is 3.22. The van der Waals surface area contributed by atoms with Crippen LogP contribution in [0, 0.1) is 24.2 Å². The highest BCUT2D eigenvalue weighted by molar-refractivity contribution is 5.89. The smallest absolute Gasteiger partial charge is 0.230 e. The predicted molar refractivity (Wildman–Crippen MR) is 222 cm³/mol. The zero-order chi connectivity index (χ0) is 38.7. The molecule has 4 aliphatic rings. The number of benzene rings is 1. The quantitative estimate of drug-likeness (QED) is 0.238. The van der Waals surface area contributed by atoms with Crippen molar-refractivity contribution < 1.29 is 14.4 Å². The SMILES string of the molecule is C1CCC1.C=C1CCC1.C=O.CC.CCCC1(CCC(C)CC)CCC(C)=C(C2CCCCC2)NC1=O.CCCc1cccc(NC(C)=O)c1C. The van der Waals surface area contributed by atoms with Gasteiger partial charge in [-0.25, -0.2) is 0 Å².